The average Bonchev–Trinajstić information content (AvgIpc) is 3.24. The van der Waals surface area contributed by atoms with Crippen LogP contribution < -0.4 is 0 Å². The van der Waals surface area contributed by atoms with Gasteiger partial charge in [-0.15, -0.1) is 0 Å². The Balaban J connectivity index is 1.81. The molecule has 0 unspecified atom stereocenters. The minimum absolute atomic E-state index is 0.225. The van der Waals surface area contributed by atoms with Gasteiger partial charge in [0.05, 0.1) is 0 Å². The lowest BCUT2D eigenvalue weighted by Crippen LogP contribution is -2.47. The average molecular weight is 268 g/mol. The van der Waals surface area contributed by atoms with Crippen molar-refractivity contribution in [3.63, 3.8) is 0 Å². The molecule has 0 bridgehead atoms. The molecule has 1 atom stereocenters. The second-order valence-corrected chi connectivity index (χ2v) is 6.71. The first kappa shape index (κ1) is 15.3. The first-order chi connectivity index (χ1) is 9.21. The summed E-state index contributed by atoms with van der Waals surface area (Å²) in [6.45, 7) is 11.9. The van der Waals surface area contributed by atoms with E-state index in [1.807, 2.05) is 0 Å². The van der Waals surface area contributed by atoms with Crippen LogP contribution in [-0.2, 0) is 0 Å². The summed E-state index contributed by atoms with van der Waals surface area (Å²) >= 11 is 0. The number of piperidine rings is 1. The van der Waals surface area contributed by atoms with Crippen molar-refractivity contribution in [3.8, 4) is 0 Å². The Bertz CT molecular complexity index is 263. The number of nitrogens with zero attached hydrogens (tertiary/aromatic N) is 2. The third-order valence-corrected chi connectivity index (χ3v) is 5.12. The summed E-state index contributed by atoms with van der Waals surface area (Å²) in [5.41, 5.74) is 0.225. The minimum atomic E-state index is 0.225. The zero-order valence-electron chi connectivity index (χ0n) is 12.9. The largest absolute Gasteiger partial charge is 0.396 e. The topological polar surface area (TPSA) is 26.7 Å². The van der Waals surface area contributed by atoms with Crippen molar-refractivity contribution in [2.24, 2.45) is 11.3 Å². The lowest BCUT2D eigenvalue weighted by molar-refractivity contribution is 0.0181. The molecule has 112 valence electrons. The van der Waals surface area contributed by atoms with Crippen molar-refractivity contribution < 1.29 is 5.11 Å². The predicted octanol–water partition coefficient (Wildman–Crippen LogP) is 2.20. The molecule has 1 aliphatic carbocycles. The summed E-state index contributed by atoms with van der Waals surface area (Å²) in [4.78, 5) is 5.09. The summed E-state index contributed by atoms with van der Waals surface area (Å²) in [6.07, 6.45) is 6.58. The molecule has 0 spiro atoms. The van der Waals surface area contributed by atoms with Crippen LogP contribution >= 0.6 is 0 Å². The van der Waals surface area contributed by atoms with Gasteiger partial charge in [-0.3, -0.25) is 0 Å². The van der Waals surface area contributed by atoms with E-state index < -0.39 is 0 Å². The molecule has 19 heavy (non-hydrogen) atoms. The van der Waals surface area contributed by atoms with Crippen LogP contribution in [0.5, 0.6) is 0 Å². The molecule has 0 aromatic heterocycles. The molecular weight excluding hydrogens is 236 g/mol. The maximum atomic E-state index is 9.87. The van der Waals surface area contributed by atoms with Gasteiger partial charge in [0.15, 0.2) is 0 Å². The highest BCUT2D eigenvalue weighted by Gasteiger charge is 2.39. The predicted molar refractivity (Wildman–Crippen MR) is 80.3 cm³/mol. The monoisotopic (exact) mass is 268 g/mol. The second-order valence-electron chi connectivity index (χ2n) is 6.71. The smallest absolute Gasteiger partial charge is 0.0499 e. The van der Waals surface area contributed by atoms with Crippen molar-refractivity contribution >= 4 is 0 Å². The van der Waals surface area contributed by atoms with Crippen LogP contribution in [0.15, 0.2) is 0 Å². The molecule has 0 amide bonds. The first-order valence-electron chi connectivity index (χ1n) is 8.27. The molecule has 1 N–H and O–H groups in total. The molecular formula is C16H32N2O. The molecule has 1 aliphatic heterocycles. The lowest BCUT2D eigenvalue weighted by atomic mass is 9.76. The van der Waals surface area contributed by atoms with E-state index >= 15 is 0 Å². The van der Waals surface area contributed by atoms with Gasteiger partial charge < -0.3 is 14.9 Å². The fourth-order valence-electron chi connectivity index (χ4n) is 3.62. The van der Waals surface area contributed by atoms with E-state index in [9.17, 15) is 5.11 Å². The van der Waals surface area contributed by atoms with Gasteiger partial charge in [0.2, 0.25) is 0 Å². The molecule has 1 saturated heterocycles. The number of aliphatic hydroxyl groups excluding tert-OH is 1. The molecule has 0 aromatic rings. The van der Waals surface area contributed by atoms with Gasteiger partial charge in [0.1, 0.15) is 0 Å². The molecule has 1 heterocycles. The Hall–Kier alpha value is -0.120. The normalized spacial score (nSPS) is 29.1. The Labute approximate surface area is 119 Å². The van der Waals surface area contributed by atoms with E-state index in [4.69, 9.17) is 0 Å². The standard InChI is InChI=1S/C16H32N2O/c1-3-17(4-2)10-11-18-9-5-8-16(13-18,14-19)12-15-6-7-15/h15,19H,3-14H2,1-2H3/t16-/m1/s1. The van der Waals surface area contributed by atoms with Gasteiger partial charge in [0, 0.05) is 31.7 Å². The molecule has 2 fully saturated rings. The number of likely N-dealkylation sites (N-methyl/N-ethyl adjacent to an activating group) is 1. The third kappa shape index (κ3) is 4.44. The molecule has 3 heteroatoms. The molecule has 0 aromatic carbocycles. The number of hydrogen-bond donors (Lipinski definition) is 1. The van der Waals surface area contributed by atoms with Gasteiger partial charge in [-0.05, 0) is 44.8 Å². The van der Waals surface area contributed by atoms with Crippen LogP contribution in [0, 0.1) is 11.3 Å². The Morgan fingerprint density at radius 1 is 1.26 bits per heavy atom. The number of aliphatic hydroxyl groups is 1. The van der Waals surface area contributed by atoms with Gasteiger partial charge in [0.25, 0.3) is 0 Å². The number of likely N-dealkylation sites (tertiary alicyclic amines) is 1. The van der Waals surface area contributed by atoms with Gasteiger partial charge in [-0.25, -0.2) is 0 Å². The van der Waals surface area contributed by atoms with Crippen LogP contribution in [0.3, 0.4) is 0 Å². The maximum absolute atomic E-state index is 9.87. The molecule has 2 aliphatic rings. The first-order valence-corrected chi connectivity index (χ1v) is 8.27. The summed E-state index contributed by atoms with van der Waals surface area (Å²) < 4.78 is 0. The molecule has 0 radical (unpaired) electrons. The van der Waals surface area contributed by atoms with Gasteiger partial charge in [-0.1, -0.05) is 26.7 Å². The van der Waals surface area contributed by atoms with Gasteiger partial charge in [-0.2, -0.15) is 0 Å². The molecule has 2 rings (SSSR count). The highest BCUT2D eigenvalue weighted by atomic mass is 16.3. The highest BCUT2D eigenvalue weighted by Crippen LogP contribution is 2.44. The van der Waals surface area contributed by atoms with Crippen LogP contribution in [0.4, 0.5) is 0 Å². The minimum Gasteiger partial charge on any atom is -0.396 e. The van der Waals surface area contributed by atoms with E-state index in [1.54, 1.807) is 0 Å². The number of hydrogen-bond acceptors (Lipinski definition) is 3. The summed E-state index contributed by atoms with van der Waals surface area (Å²) in [5, 5.41) is 9.87. The van der Waals surface area contributed by atoms with Crippen LogP contribution in [0.1, 0.15) is 46.0 Å². The Morgan fingerprint density at radius 3 is 2.58 bits per heavy atom. The van der Waals surface area contributed by atoms with Crippen molar-refractivity contribution in [2.45, 2.75) is 46.0 Å². The van der Waals surface area contributed by atoms with E-state index in [1.165, 1.54) is 51.7 Å². The van der Waals surface area contributed by atoms with Crippen molar-refractivity contribution in [3.05, 3.63) is 0 Å². The summed E-state index contributed by atoms with van der Waals surface area (Å²) in [6, 6.07) is 0. The summed E-state index contributed by atoms with van der Waals surface area (Å²) in [5.74, 6) is 0.926. The molecule has 1 saturated carbocycles. The maximum Gasteiger partial charge on any atom is 0.0499 e. The Morgan fingerprint density at radius 2 is 2.00 bits per heavy atom. The third-order valence-electron chi connectivity index (χ3n) is 5.12. The highest BCUT2D eigenvalue weighted by molar-refractivity contribution is 4.91. The van der Waals surface area contributed by atoms with E-state index in [2.05, 4.69) is 23.6 Å². The van der Waals surface area contributed by atoms with Crippen molar-refractivity contribution in [2.75, 3.05) is 45.9 Å². The van der Waals surface area contributed by atoms with E-state index in [-0.39, 0.29) is 5.41 Å². The van der Waals surface area contributed by atoms with Crippen molar-refractivity contribution in [1.29, 1.82) is 0 Å². The summed E-state index contributed by atoms with van der Waals surface area (Å²) in [7, 11) is 0. The van der Waals surface area contributed by atoms with Gasteiger partial charge >= 0.3 is 0 Å². The van der Waals surface area contributed by atoms with E-state index in [0.717, 1.165) is 25.6 Å². The zero-order chi connectivity index (χ0) is 13.7. The quantitative estimate of drug-likeness (QED) is 0.731. The van der Waals surface area contributed by atoms with Crippen LogP contribution in [0.25, 0.3) is 0 Å². The van der Waals surface area contributed by atoms with E-state index in [0.29, 0.717) is 6.61 Å². The fraction of sp³-hybridized carbons (Fsp3) is 1.00. The fourth-order valence-corrected chi connectivity index (χ4v) is 3.62. The van der Waals surface area contributed by atoms with Crippen molar-refractivity contribution in [1.82, 2.24) is 9.80 Å². The zero-order valence-corrected chi connectivity index (χ0v) is 12.9. The molecule has 3 nitrogen and oxygen atoms in total. The van der Waals surface area contributed by atoms with Crippen LogP contribution in [0.2, 0.25) is 0 Å². The lowest BCUT2D eigenvalue weighted by Gasteiger charge is -2.42. The second kappa shape index (κ2) is 7.05. The number of rotatable bonds is 8. The van der Waals surface area contributed by atoms with Crippen LogP contribution in [-0.4, -0.2) is 60.8 Å². The SMILES string of the molecule is CCN(CC)CCN1CCC[C@@](CO)(CC2CC2)C1. The Kier molecular flexibility index (Phi) is 5.67.